The van der Waals surface area contributed by atoms with Crippen LogP contribution in [0.5, 0.6) is 0 Å². The fourth-order valence-corrected chi connectivity index (χ4v) is 3.89. The van der Waals surface area contributed by atoms with Crippen molar-refractivity contribution in [2.75, 3.05) is 0 Å². The van der Waals surface area contributed by atoms with E-state index in [4.69, 9.17) is 4.74 Å². The second kappa shape index (κ2) is 4.35. The molecule has 0 aromatic rings. The molecule has 0 amide bonds. The van der Waals surface area contributed by atoms with Gasteiger partial charge in [0.05, 0.1) is 11.7 Å². The maximum absolute atomic E-state index is 5.83. The molecule has 2 heteroatoms. The average molecular weight is 308 g/mol. The minimum atomic E-state index is 0. The average Bonchev–Trinajstić information content (AvgIpc) is 2.82. The van der Waals surface area contributed by atoms with Gasteiger partial charge in [-0.1, -0.05) is 20.3 Å². The van der Waals surface area contributed by atoms with Crippen molar-refractivity contribution in [1.82, 2.24) is 0 Å². The van der Waals surface area contributed by atoms with Crippen LogP contribution in [-0.4, -0.2) is 11.7 Å². The Kier molecular flexibility index (Phi) is 3.61. The molecule has 1 radical (unpaired) electrons. The monoisotopic (exact) mass is 308 g/mol. The van der Waals surface area contributed by atoms with Crippen molar-refractivity contribution in [3.8, 4) is 0 Å². The molecule has 0 N–H and O–H groups in total. The van der Waals surface area contributed by atoms with E-state index >= 15 is 0 Å². The molecule has 1 nitrogen and oxygen atoms in total. The molecule has 3 aliphatic rings. The van der Waals surface area contributed by atoms with Crippen molar-refractivity contribution in [2.24, 2.45) is 17.3 Å². The molecule has 4 atom stereocenters. The van der Waals surface area contributed by atoms with Crippen LogP contribution in [0, 0.1) is 23.7 Å². The Morgan fingerprint density at radius 2 is 2.06 bits per heavy atom. The fraction of sp³-hybridized carbons (Fsp3) is 0.800. The first-order valence-electron chi connectivity index (χ1n) is 6.62. The van der Waals surface area contributed by atoms with Crippen LogP contribution in [0.4, 0.5) is 0 Å². The number of hydrogen-bond acceptors (Lipinski definition) is 1. The molecule has 17 heavy (non-hydrogen) atoms. The number of allylic oxidation sites excluding steroid dienone is 1. The van der Waals surface area contributed by atoms with Gasteiger partial charge in [-0.25, -0.2) is 18.6 Å². The number of ether oxygens (including phenoxy) is 1. The van der Waals surface area contributed by atoms with Crippen molar-refractivity contribution in [3.63, 3.8) is 0 Å². The predicted molar refractivity (Wildman–Crippen MR) is 65.9 cm³/mol. The molecule has 1 heterocycles. The normalized spacial score (nSPS) is 46.8. The summed E-state index contributed by atoms with van der Waals surface area (Å²) in [6.45, 7) is 11.4. The Balaban J connectivity index is 0.00000108. The van der Waals surface area contributed by atoms with Crippen LogP contribution in [0.15, 0.2) is 12.2 Å². The van der Waals surface area contributed by atoms with Crippen LogP contribution in [0.1, 0.15) is 46.5 Å². The summed E-state index contributed by atoms with van der Waals surface area (Å²) in [6.07, 6.45) is 7.79. The summed E-state index contributed by atoms with van der Waals surface area (Å²) < 4.78 is 5.83. The largest absolute Gasteiger partial charge is 0.368 e. The van der Waals surface area contributed by atoms with Gasteiger partial charge in [-0.2, -0.15) is 0 Å². The predicted octanol–water partition coefficient (Wildman–Crippen LogP) is 3.75. The van der Waals surface area contributed by atoms with Crippen LogP contribution in [0.3, 0.4) is 0 Å². The summed E-state index contributed by atoms with van der Waals surface area (Å²) in [5.41, 5.74) is 2.09. The molecule has 2 saturated carbocycles. The third-order valence-corrected chi connectivity index (χ3v) is 5.29. The third-order valence-electron chi connectivity index (χ3n) is 5.29. The van der Waals surface area contributed by atoms with Crippen molar-refractivity contribution in [3.05, 3.63) is 18.6 Å². The zero-order valence-electron chi connectivity index (χ0n) is 11.3. The van der Waals surface area contributed by atoms with Gasteiger partial charge >= 0.3 is 0 Å². The topological polar surface area (TPSA) is 12.5 Å². The number of epoxide rings is 1. The molecular formula is C15H23OY-. The van der Waals surface area contributed by atoms with Gasteiger partial charge in [0.1, 0.15) is 0 Å². The summed E-state index contributed by atoms with van der Waals surface area (Å²) in [5.74, 6) is 1.59. The SMILES string of the molecule is C=C1[CH-]CC2O[C@]2(C)CC[C@@H]2[C@@H]1CC2(C)C.[Y]. The molecule has 0 aromatic heterocycles. The molecular weight excluding hydrogens is 285 g/mol. The van der Waals surface area contributed by atoms with E-state index in [1.54, 1.807) is 0 Å². The molecule has 0 bridgehead atoms. The van der Waals surface area contributed by atoms with E-state index in [0.717, 1.165) is 18.3 Å². The summed E-state index contributed by atoms with van der Waals surface area (Å²) in [7, 11) is 0. The van der Waals surface area contributed by atoms with E-state index < -0.39 is 0 Å². The Labute approximate surface area is 131 Å². The van der Waals surface area contributed by atoms with Crippen molar-refractivity contribution in [2.45, 2.75) is 58.2 Å². The second-order valence-electron chi connectivity index (χ2n) is 6.88. The minimum absolute atomic E-state index is 0. The van der Waals surface area contributed by atoms with E-state index in [1.807, 2.05) is 0 Å². The summed E-state index contributed by atoms with van der Waals surface area (Å²) in [4.78, 5) is 0. The van der Waals surface area contributed by atoms with Gasteiger partial charge < -0.3 is 4.74 Å². The van der Waals surface area contributed by atoms with E-state index in [1.165, 1.54) is 24.8 Å². The molecule has 1 saturated heterocycles. The smallest absolute Gasteiger partial charge is 0.0908 e. The second-order valence-corrected chi connectivity index (χ2v) is 6.88. The van der Waals surface area contributed by atoms with Crippen LogP contribution in [0.25, 0.3) is 0 Å². The maximum Gasteiger partial charge on any atom is 0.0908 e. The number of fused-ring (bicyclic) bond motifs is 2. The van der Waals surface area contributed by atoms with Crippen LogP contribution in [-0.2, 0) is 37.4 Å². The van der Waals surface area contributed by atoms with Gasteiger partial charge in [-0.3, -0.25) is 0 Å². The number of rotatable bonds is 0. The Bertz CT molecular complexity index is 336. The molecule has 93 valence electrons. The molecule has 1 aliphatic heterocycles. The van der Waals surface area contributed by atoms with Crippen LogP contribution in [0.2, 0.25) is 0 Å². The van der Waals surface area contributed by atoms with Crippen molar-refractivity contribution < 1.29 is 37.4 Å². The Hall–Kier alpha value is 0.674. The zero-order valence-corrected chi connectivity index (χ0v) is 14.2. The van der Waals surface area contributed by atoms with Gasteiger partial charge in [0.25, 0.3) is 0 Å². The van der Waals surface area contributed by atoms with Gasteiger partial charge in [-0.15, -0.1) is 0 Å². The van der Waals surface area contributed by atoms with E-state index in [2.05, 4.69) is 33.8 Å². The molecule has 3 fully saturated rings. The van der Waals surface area contributed by atoms with Gasteiger partial charge in [-0.05, 0) is 43.4 Å². The number of hydrogen-bond donors (Lipinski definition) is 0. The van der Waals surface area contributed by atoms with E-state index in [-0.39, 0.29) is 38.3 Å². The van der Waals surface area contributed by atoms with E-state index in [0.29, 0.717) is 11.5 Å². The van der Waals surface area contributed by atoms with Crippen molar-refractivity contribution >= 4 is 0 Å². The molecule has 0 spiro atoms. The zero-order chi connectivity index (χ0) is 11.6. The molecule has 0 aromatic carbocycles. The van der Waals surface area contributed by atoms with Crippen molar-refractivity contribution in [1.29, 1.82) is 0 Å². The summed E-state index contributed by atoms with van der Waals surface area (Å²) >= 11 is 0. The third kappa shape index (κ3) is 2.28. The molecule has 1 unspecified atom stereocenters. The summed E-state index contributed by atoms with van der Waals surface area (Å²) in [6, 6.07) is 0. The first-order chi connectivity index (χ1) is 7.42. The van der Waals surface area contributed by atoms with Gasteiger partial charge in [0.15, 0.2) is 0 Å². The van der Waals surface area contributed by atoms with Crippen LogP contribution >= 0.6 is 0 Å². The fourth-order valence-electron chi connectivity index (χ4n) is 3.89. The first kappa shape index (κ1) is 14.1. The van der Waals surface area contributed by atoms with Gasteiger partial charge in [0.2, 0.25) is 0 Å². The van der Waals surface area contributed by atoms with Crippen LogP contribution < -0.4 is 0 Å². The molecule has 3 rings (SSSR count). The maximum atomic E-state index is 5.83. The summed E-state index contributed by atoms with van der Waals surface area (Å²) in [5, 5.41) is 0. The first-order valence-corrected chi connectivity index (χ1v) is 6.62. The van der Waals surface area contributed by atoms with E-state index in [9.17, 15) is 0 Å². The standard InChI is InChI=1S/C15H23O.Y/c1-10-5-6-13-15(4,16-13)8-7-12-11(10)9-14(12,2)3;/h5,11-13H,1,6-9H2,2-4H3;/q-1;/t11-,12-,13?,15-;/m1./s1. The Morgan fingerprint density at radius 1 is 1.35 bits per heavy atom. The van der Waals surface area contributed by atoms with Gasteiger partial charge in [0, 0.05) is 32.7 Å². The quantitative estimate of drug-likeness (QED) is 0.490. The Morgan fingerprint density at radius 3 is 2.71 bits per heavy atom. The minimum Gasteiger partial charge on any atom is -0.368 e. The molecule has 2 aliphatic carbocycles.